The third kappa shape index (κ3) is 4.48. The molecule has 0 fully saturated rings. The molecule has 240 valence electrons. The van der Waals surface area contributed by atoms with Gasteiger partial charge in [-0.25, -0.2) is 0 Å². The number of benzene rings is 11. The highest BCUT2D eigenvalue weighted by molar-refractivity contribution is 6.24. The summed E-state index contributed by atoms with van der Waals surface area (Å²) in [5.74, 6) is 0. The summed E-state index contributed by atoms with van der Waals surface area (Å²) in [5.41, 5.74) is 7.49. The van der Waals surface area contributed by atoms with Gasteiger partial charge in [0.1, 0.15) is 0 Å². The van der Waals surface area contributed by atoms with Crippen LogP contribution in [0.5, 0.6) is 0 Å². The van der Waals surface area contributed by atoms with Crippen LogP contribution in [-0.2, 0) is 0 Å². The monoisotopic (exact) mass is 656 g/mol. The minimum absolute atomic E-state index is 1.22. The van der Waals surface area contributed by atoms with Crippen molar-refractivity contribution >= 4 is 75.4 Å². The Hall–Kier alpha value is -6.76. The Morgan fingerprint density at radius 1 is 0.192 bits per heavy atom. The molecule has 0 heteroatoms. The fraction of sp³-hybridized carbons (Fsp3) is 0. The van der Waals surface area contributed by atoms with Gasteiger partial charge in [0.25, 0.3) is 0 Å². The third-order valence-electron chi connectivity index (χ3n) is 11.2. The Morgan fingerprint density at radius 3 is 1.42 bits per heavy atom. The van der Waals surface area contributed by atoms with Gasteiger partial charge in [-0.2, -0.15) is 0 Å². The van der Waals surface area contributed by atoms with Gasteiger partial charge in [0.2, 0.25) is 0 Å². The quantitative estimate of drug-likeness (QED) is 0.166. The lowest BCUT2D eigenvalue weighted by Gasteiger charge is -2.16. The second-order valence-corrected chi connectivity index (χ2v) is 14.1. The molecule has 0 atom stereocenters. The van der Waals surface area contributed by atoms with Crippen LogP contribution in [0.2, 0.25) is 0 Å². The zero-order valence-corrected chi connectivity index (χ0v) is 28.5. The van der Waals surface area contributed by atoms with Crippen molar-refractivity contribution in [2.24, 2.45) is 0 Å². The normalized spacial score (nSPS) is 11.8. The van der Waals surface area contributed by atoms with Crippen molar-refractivity contribution in [1.82, 2.24) is 0 Å². The van der Waals surface area contributed by atoms with E-state index in [2.05, 4.69) is 194 Å². The van der Waals surface area contributed by atoms with E-state index in [9.17, 15) is 0 Å². The Bertz CT molecular complexity index is 3240. The van der Waals surface area contributed by atoms with E-state index in [1.165, 1.54) is 109 Å². The van der Waals surface area contributed by atoms with Crippen molar-refractivity contribution in [3.05, 3.63) is 194 Å². The van der Waals surface area contributed by atoms with E-state index in [-0.39, 0.29) is 0 Å². The van der Waals surface area contributed by atoms with Crippen LogP contribution in [0.4, 0.5) is 0 Å². The first kappa shape index (κ1) is 29.0. The van der Waals surface area contributed by atoms with Crippen LogP contribution in [0, 0.1) is 0 Å². The fourth-order valence-electron chi connectivity index (χ4n) is 8.69. The predicted octanol–water partition coefficient (Wildman–Crippen LogP) is 14.8. The molecular weight excluding hydrogens is 625 g/mol. The van der Waals surface area contributed by atoms with Crippen LogP contribution in [0.3, 0.4) is 0 Å². The van der Waals surface area contributed by atoms with E-state index in [1.54, 1.807) is 0 Å². The van der Waals surface area contributed by atoms with Crippen LogP contribution in [0.15, 0.2) is 194 Å². The Kier molecular flexibility index (Phi) is 6.35. The molecule has 0 saturated heterocycles. The second kappa shape index (κ2) is 11.4. The van der Waals surface area contributed by atoms with Crippen molar-refractivity contribution < 1.29 is 0 Å². The second-order valence-electron chi connectivity index (χ2n) is 14.1. The average molecular weight is 657 g/mol. The van der Waals surface area contributed by atoms with Gasteiger partial charge in [0.05, 0.1) is 0 Å². The van der Waals surface area contributed by atoms with Crippen molar-refractivity contribution in [3.63, 3.8) is 0 Å². The predicted molar refractivity (Wildman–Crippen MR) is 225 cm³/mol. The largest absolute Gasteiger partial charge is 0.0616 e. The molecule has 0 aliphatic heterocycles. The molecule has 11 aromatic carbocycles. The molecule has 0 N–H and O–H groups in total. The third-order valence-corrected chi connectivity index (χ3v) is 11.2. The van der Waals surface area contributed by atoms with Crippen LogP contribution >= 0.6 is 0 Å². The lowest BCUT2D eigenvalue weighted by atomic mass is 9.87. The Labute approximate surface area is 301 Å². The molecule has 0 bridgehead atoms. The van der Waals surface area contributed by atoms with Gasteiger partial charge < -0.3 is 0 Å². The summed E-state index contributed by atoms with van der Waals surface area (Å²) in [5, 5.41) is 17.9. The fourth-order valence-corrected chi connectivity index (χ4v) is 8.69. The van der Waals surface area contributed by atoms with Gasteiger partial charge in [0.15, 0.2) is 0 Å². The van der Waals surface area contributed by atoms with Gasteiger partial charge >= 0.3 is 0 Å². The van der Waals surface area contributed by atoms with Gasteiger partial charge in [-0.3, -0.25) is 0 Å². The summed E-state index contributed by atoms with van der Waals surface area (Å²) in [4.78, 5) is 0. The van der Waals surface area contributed by atoms with E-state index in [4.69, 9.17) is 0 Å². The first-order valence-electron chi connectivity index (χ1n) is 18.1. The summed E-state index contributed by atoms with van der Waals surface area (Å²) in [6.07, 6.45) is 0. The summed E-state index contributed by atoms with van der Waals surface area (Å²) in [7, 11) is 0. The standard InChI is InChI=1S/C52H32/c1-6-16-44-33(11-1)21-26-40-31-51(47-19-9-10-20-48(47)52(40)44)50-32-41(29-37-12-2-5-15-43(37)50)36-23-22-35-28-39(25-24-34(35)27-36)49-30-38-13-3-4-14-42(38)45-17-7-8-18-46(45)49/h1-32H. The maximum Gasteiger partial charge on any atom is -0.00264 e. The SMILES string of the molecule is c1ccc2c(-c3cc4ccc5ccccc5c4c4ccccc34)cc(-c3ccc4cc(-c5cc6ccccc6c6ccccc56)ccc4c3)cc2c1. The molecule has 0 aromatic heterocycles. The molecule has 0 saturated carbocycles. The highest BCUT2D eigenvalue weighted by Gasteiger charge is 2.15. The average Bonchev–Trinajstić information content (AvgIpc) is 3.22. The van der Waals surface area contributed by atoms with Crippen molar-refractivity contribution in [2.45, 2.75) is 0 Å². The van der Waals surface area contributed by atoms with Gasteiger partial charge in [-0.15, -0.1) is 0 Å². The first-order valence-corrected chi connectivity index (χ1v) is 18.1. The molecule has 0 nitrogen and oxygen atoms in total. The molecular formula is C52H32. The van der Waals surface area contributed by atoms with Crippen LogP contribution in [0.1, 0.15) is 0 Å². The lowest BCUT2D eigenvalue weighted by molar-refractivity contribution is 1.65. The molecule has 0 aliphatic rings. The zero-order valence-electron chi connectivity index (χ0n) is 28.5. The molecule has 0 amide bonds. The van der Waals surface area contributed by atoms with Crippen LogP contribution in [-0.4, -0.2) is 0 Å². The minimum atomic E-state index is 1.22. The summed E-state index contributed by atoms with van der Waals surface area (Å²) in [6.45, 7) is 0. The highest BCUT2D eigenvalue weighted by atomic mass is 14.2. The van der Waals surface area contributed by atoms with Gasteiger partial charge in [0, 0.05) is 0 Å². The summed E-state index contributed by atoms with van der Waals surface area (Å²) in [6, 6.07) is 72.0. The number of hydrogen-bond donors (Lipinski definition) is 0. The number of rotatable bonds is 3. The Balaban J connectivity index is 1.08. The maximum absolute atomic E-state index is 2.41. The van der Waals surface area contributed by atoms with Crippen molar-refractivity contribution in [2.75, 3.05) is 0 Å². The topological polar surface area (TPSA) is 0 Å². The lowest BCUT2D eigenvalue weighted by Crippen LogP contribution is -1.89. The van der Waals surface area contributed by atoms with E-state index in [0.29, 0.717) is 0 Å². The van der Waals surface area contributed by atoms with Gasteiger partial charge in [-0.1, -0.05) is 158 Å². The van der Waals surface area contributed by atoms with E-state index in [0.717, 1.165) is 0 Å². The minimum Gasteiger partial charge on any atom is -0.0616 e. The van der Waals surface area contributed by atoms with Gasteiger partial charge in [-0.05, 0) is 145 Å². The molecule has 0 unspecified atom stereocenters. The molecule has 0 heterocycles. The van der Waals surface area contributed by atoms with E-state index >= 15 is 0 Å². The zero-order chi connectivity index (χ0) is 34.2. The maximum atomic E-state index is 2.41. The molecule has 52 heavy (non-hydrogen) atoms. The highest BCUT2D eigenvalue weighted by Crippen LogP contribution is 2.43. The molecule has 11 rings (SSSR count). The van der Waals surface area contributed by atoms with E-state index in [1.807, 2.05) is 0 Å². The van der Waals surface area contributed by atoms with E-state index < -0.39 is 0 Å². The molecule has 0 radical (unpaired) electrons. The smallest absolute Gasteiger partial charge is 0.00264 e. The summed E-state index contributed by atoms with van der Waals surface area (Å²) < 4.78 is 0. The number of hydrogen-bond acceptors (Lipinski definition) is 0. The Morgan fingerprint density at radius 2 is 0.654 bits per heavy atom. The van der Waals surface area contributed by atoms with Crippen LogP contribution in [0.25, 0.3) is 109 Å². The molecule has 11 aromatic rings. The number of fused-ring (bicyclic) bond motifs is 10. The first-order chi connectivity index (χ1) is 25.8. The van der Waals surface area contributed by atoms with Crippen molar-refractivity contribution in [3.8, 4) is 33.4 Å². The van der Waals surface area contributed by atoms with Crippen molar-refractivity contribution in [1.29, 1.82) is 0 Å². The molecule has 0 aliphatic carbocycles. The van der Waals surface area contributed by atoms with Crippen LogP contribution < -0.4 is 0 Å². The molecule has 0 spiro atoms. The summed E-state index contributed by atoms with van der Waals surface area (Å²) >= 11 is 0.